The van der Waals surface area contributed by atoms with Crippen LogP contribution in [-0.2, 0) is 0 Å². The highest BCUT2D eigenvalue weighted by atomic mass is 15.3. The minimum Gasteiger partial charge on any atom is -0.317 e. The van der Waals surface area contributed by atoms with E-state index in [2.05, 4.69) is 22.0 Å². The Balaban J connectivity index is 1.59. The van der Waals surface area contributed by atoms with E-state index in [0.717, 1.165) is 17.9 Å². The molecule has 4 rings (SSSR count). The molecule has 1 N–H and O–H groups in total. The van der Waals surface area contributed by atoms with Gasteiger partial charge in [-0.15, -0.1) is 0 Å². The molecule has 4 aliphatic heterocycles. The lowest BCUT2D eigenvalue weighted by Crippen LogP contribution is -2.58. The molecule has 3 nitrogen and oxygen atoms in total. The molecule has 4 heterocycles. The van der Waals surface area contributed by atoms with Crippen molar-refractivity contribution in [1.29, 1.82) is 0 Å². The summed E-state index contributed by atoms with van der Waals surface area (Å²) in [6.07, 6.45) is 7.00. The van der Waals surface area contributed by atoms with Crippen LogP contribution in [0.4, 0.5) is 0 Å². The van der Waals surface area contributed by atoms with Crippen molar-refractivity contribution < 1.29 is 0 Å². The van der Waals surface area contributed by atoms with Gasteiger partial charge in [-0.25, -0.2) is 0 Å². The number of nitrogens with zero attached hydrogens (tertiary/aromatic N) is 2. The summed E-state index contributed by atoms with van der Waals surface area (Å²) < 4.78 is 0. The van der Waals surface area contributed by atoms with Crippen molar-refractivity contribution in [1.82, 2.24) is 15.1 Å². The first-order valence-corrected chi connectivity index (χ1v) is 8.54. The molecule has 4 fully saturated rings. The third-order valence-corrected chi connectivity index (χ3v) is 5.55. The van der Waals surface area contributed by atoms with E-state index in [1.807, 2.05) is 0 Å². The standard InChI is InChI=1S/C16H31N3/c1-2-9-19(12-14-3-7-17-8-4-14)16-13-18-10-5-15(16)6-11-18/h14-17H,2-13H2,1H3. The SMILES string of the molecule is CCCN(CC1CCNCC1)C1CN2CCC1CC2. The summed E-state index contributed by atoms with van der Waals surface area (Å²) in [7, 11) is 0. The fourth-order valence-corrected chi connectivity index (χ4v) is 4.42. The number of piperidine rings is 4. The highest BCUT2D eigenvalue weighted by Gasteiger charge is 2.37. The van der Waals surface area contributed by atoms with Crippen molar-refractivity contribution in [2.75, 3.05) is 45.8 Å². The van der Waals surface area contributed by atoms with Crippen molar-refractivity contribution in [2.45, 2.75) is 45.1 Å². The van der Waals surface area contributed by atoms with Crippen LogP contribution in [0, 0.1) is 11.8 Å². The third kappa shape index (κ3) is 3.32. The average molecular weight is 265 g/mol. The molecule has 4 aliphatic rings. The molecule has 0 aromatic carbocycles. The number of fused-ring (bicyclic) bond motifs is 3. The van der Waals surface area contributed by atoms with E-state index in [1.54, 1.807) is 0 Å². The van der Waals surface area contributed by atoms with Gasteiger partial charge >= 0.3 is 0 Å². The van der Waals surface area contributed by atoms with Gasteiger partial charge in [-0.3, -0.25) is 4.90 Å². The first-order chi connectivity index (χ1) is 9.36. The number of nitrogens with one attached hydrogen (secondary N) is 1. The fraction of sp³-hybridized carbons (Fsp3) is 1.00. The van der Waals surface area contributed by atoms with Crippen LogP contribution in [0.1, 0.15) is 39.0 Å². The van der Waals surface area contributed by atoms with Gasteiger partial charge in [-0.2, -0.15) is 0 Å². The first kappa shape index (κ1) is 13.8. The molecule has 1 atom stereocenters. The highest BCUT2D eigenvalue weighted by molar-refractivity contribution is 4.93. The molecular formula is C16H31N3. The van der Waals surface area contributed by atoms with Gasteiger partial charge in [0.05, 0.1) is 0 Å². The molecule has 0 saturated carbocycles. The molecule has 0 aromatic rings. The minimum atomic E-state index is 0.873. The maximum Gasteiger partial charge on any atom is 0.0252 e. The topological polar surface area (TPSA) is 18.5 Å². The zero-order chi connectivity index (χ0) is 13.1. The predicted molar refractivity (Wildman–Crippen MR) is 80.4 cm³/mol. The Bertz CT molecular complexity index is 267. The second-order valence-corrected chi connectivity index (χ2v) is 6.89. The molecule has 2 bridgehead atoms. The minimum absolute atomic E-state index is 0.873. The molecule has 0 radical (unpaired) electrons. The molecular weight excluding hydrogens is 234 g/mol. The van der Waals surface area contributed by atoms with Crippen molar-refractivity contribution in [3.63, 3.8) is 0 Å². The van der Waals surface area contributed by atoms with Gasteiger partial charge < -0.3 is 10.2 Å². The summed E-state index contributed by atoms with van der Waals surface area (Å²) in [5, 5.41) is 3.50. The average Bonchev–Trinajstić information content (AvgIpc) is 2.49. The lowest BCUT2D eigenvalue weighted by Gasteiger charge is -2.50. The Hall–Kier alpha value is -0.120. The van der Waals surface area contributed by atoms with E-state index < -0.39 is 0 Å². The van der Waals surface area contributed by atoms with Crippen LogP contribution in [-0.4, -0.2) is 61.7 Å². The van der Waals surface area contributed by atoms with Gasteiger partial charge in [0, 0.05) is 19.1 Å². The quantitative estimate of drug-likeness (QED) is 0.818. The molecule has 0 aliphatic carbocycles. The maximum absolute atomic E-state index is 3.50. The predicted octanol–water partition coefficient (Wildman–Crippen LogP) is 1.79. The molecule has 1 unspecified atom stereocenters. The van der Waals surface area contributed by atoms with Crippen LogP contribution >= 0.6 is 0 Å². The largest absolute Gasteiger partial charge is 0.317 e. The van der Waals surface area contributed by atoms with E-state index >= 15 is 0 Å². The Kier molecular flexibility index (Phi) is 4.78. The van der Waals surface area contributed by atoms with Gasteiger partial charge in [-0.1, -0.05) is 6.92 Å². The normalized spacial score (nSPS) is 36.0. The Morgan fingerprint density at radius 1 is 1.11 bits per heavy atom. The zero-order valence-electron chi connectivity index (χ0n) is 12.6. The molecule has 0 aromatic heterocycles. The monoisotopic (exact) mass is 265 g/mol. The van der Waals surface area contributed by atoms with E-state index in [9.17, 15) is 0 Å². The van der Waals surface area contributed by atoms with E-state index in [1.165, 1.54) is 77.9 Å². The summed E-state index contributed by atoms with van der Waals surface area (Å²) in [5.41, 5.74) is 0. The van der Waals surface area contributed by atoms with Crippen LogP contribution in [0.15, 0.2) is 0 Å². The molecule has 19 heavy (non-hydrogen) atoms. The Morgan fingerprint density at radius 2 is 1.84 bits per heavy atom. The molecule has 3 heteroatoms. The Labute approximate surface area is 118 Å². The van der Waals surface area contributed by atoms with E-state index in [0.29, 0.717) is 0 Å². The zero-order valence-corrected chi connectivity index (χ0v) is 12.6. The van der Waals surface area contributed by atoms with Crippen molar-refractivity contribution >= 4 is 0 Å². The van der Waals surface area contributed by atoms with Gasteiger partial charge in [0.1, 0.15) is 0 Å². The van der Waals surface area contributed by atoms with E-state index in [4.69, 9.17) is 0 Å². The summed E-state index contributed by atoms with van der Waals surface area (Å²) in [4.78, 5) is 5.57. The second-order valence-electron chi connectivity index (χ2n) is 6.89. The lowest BCUT2D eigenvalue weighted by atomic mass is 9.82. The number of hydrogen-bond acceptors (Lipinski definition) is 3. The van der Waals surface area contributed by atoms with Crippen LogP contribution in [0.2, 0.25) is 0 Å². The summed E-state index contributed by atoms with van der Waals surface area (Å²) in [5.74, 6) is 1.95. The van der Waals surface area contributed by atoms with Crippen molar-refractivity contribution in [3.8, 4) is 0 Å². The van der Waals surface area contributed by atoms with Gasteiger partial charge in [-0.05, 0) is 76.7 Å². The van der Waals surface area contributed by atoms with Crippen LogP contribution < -0.4 is 5.32 Å². The molecule has 0 amide bonds. The summed E-state index contributed by atoms with van der Waals surface area (Å²) >= 11 is 0. The smallest absolute Gasteiger partial charge is 0.0252 e. The van der Waals surface area contributed by atoms with Gasteiger partial charge in [0.15, 0.2) is 0 Å². The highest BCUT2D eigenvalue weighted by Crippen LogP contribution is 2.32. The maximum atomic E-state index is 3.50. The van der Waals surface area contributed by atoms with E-state index in [-0.39, 0.29) is 0 Å². The molecule has 0 spiro atoms. The van der Waals surface area contributed by atoms with Crippen LogP contribution in [0.3, 0.4) is 0 Å². The van der Waals surface area contributed by atoms with Crippen molar-refractivity contribution in [3.05, 3.63) is 0 Å². The van der Waals surface area contributed by atoms with Gasteiger partial charge in [0.2, 0.25) is 0 Å². The lowest BCUT2D eigenvalue weighted by molar-refractivity contribution is -0.00310. The third-order valence-electron chi connectivity index (χ3n) is 5.55. The molecule has 110 valence electrons. The van der Waals surface area contributed by atoms with Gasteiger partial charge in [0.25, 0.3) is 0 Å². The second kappa shape index (κ2) is 6.55. The number of hydrogen-bond donors (Lipinski definition) is 1. The Morgan fingerprint density at radius 3 is 2.42 bits per heavy atom. The van der Waals surface area contributed by atoms with Crippen LogP contribution in [0.5, 0.6) is 0 Å². The summed E-state index contributed by atoms with van der Waals surface area (Å²) in [6, 6.07) is 0.873. The van der Waals surface area contributed by atoms with Crippen molar-refractivity contribution in [2.24, 2.45) is 11.8 Å². The number of rotatable bonds is 5. The van der Waals surface area contributed by atoms with Crippen LogP contribution in [0.25, 0.3) is 0 Å². The fourth-order valence-electron chi connectivity index (χ4n) is 4.42. The molecule has 4 saturated heterocycles. The first-order valence-electron chi connectivity index (χ1n) is 8.54. The summed E-state index contributed by atoms with van der Waals surface area (Å²) in [6.45, 7) is 11.6.